The summed E-state index contributed by atoms with van der Waals surface area (Å²) in [7, 11) is 0. The molecule has 2 rings (SSSR count). The highest BCUT2D eigenvalue weighted by molar-refractivity contribution is 9.10. The number of nitrogens with one attached hydrogen (secondary N) is 1. The lowest BCUT2D eigenvalue weighted by Gasteiger charge is -2.08. The van der Waals surface area contributed by atoms with E-state index in [2.05, 4.69) is 26.2 Å². The molecule has 0 aliphatic carbocycles. The summed E-state index contributed by atoms with van der Waals surface area (Å²) < 4.78 is 0.965. The van der Waals surface area contributed by atoms with Crippen molar-refractivity contribution >= 4 is 44.7 Å². The standard InChI is InChI=1S/C14H12BrN3OS/c1-8-6-10(15)3-5-11(8)18-14(19)12-4-2-9(7-17-12)13(16)20/h2-7H,1H3,(H2,16,20)(H,18,19). The van der Waals surface area contributed by atoms with E-state index >= 15 is 0 Å². The Kier molecular flexibility index (Phi) is 4.46. The van der Waals surface area contributed by atoms with Crippen molar-refractivity contribution in [3.63, 3.8) is 0 Å². The molecule has 0 spiro atoms. The molecule has 0 atom stereocenters. The van der Waals surface area contributed by atoms with Crippen LogP contribution in [0.4, 0.5) is 5.69 Å². The highest BCUT2D eigenvalue weighted by Crippen LogP contribution is 2.20. The molecular formula is C14H12BrN3OS. The third kappa shape index (κ3) is 3.40. The van der Waals surface area contributed by atoms with Crippen LogP contribution >= 0.6 is 28.1 Å². The van der Waals surface area contributed by atoms with Crippen LogP contribution in [-0.4, -0.2) is 15.9 Å². The van der Waals surface area contributed by atoms with E-state index in [4.69, 9.17) is 18.0 Å². The van der Waals surface area contributed by atoms with Gasteiger partial charge in [0.05, 0.1) is 0 Å². The number of aryl methyl sites for hydroxylation is 1. The SMILES string of the molecule is Cc1cc(Br)ccc1NC(=O)c1ccc(C(N)=S)cn1. The molecule has 0 radical (unpaired) electrons. The van der Waals surface area contributed by atoms with Gasteiger partial charge >= 0.3 is 0 Å². The number of halogens is 1. The lowest BCUT2D eigenvalue weighted by atomic mass is 10.2. The van der Waals surface area contributed by atoms with Crippen molar-refractivity contribution in [2.75, 3.05) is 5.32 Å². The first-order chi connectivity index (χ1) is 9.47. The van der Waals surface area contributed by atoms with Crippen LogP contribution in [-0.2, 0) is 0 Å². The van der Waals surface area contributed by atoms with Crippen molar-refractivity contribution in [3.8, 4) is 0 Å². The number of nitrogens with zero attached hydrogens (tertiary/aromatic N) is 1. The van der Waals surface area contributed by atoms with Gasteiger partial charge in [0, 0.05) is 21.9 Å². The Hall–Kier alpha value is -1.79. The molecule has 1 aromatic heterocycles. The average molecular weight is 350 g/mol. The summed E-state index contributed by atoms with van der Waals surface area (Å²) in [5.74, 6) is -0.273. The fourth-order valence-electron chi connectivity index (χ4n) is 1.63. The summed E-state index contributed by atoms with van der Waals surface area (Å²) in [5, 5.41) is 2.82. The molecule has 2 aromatic rings. The number of hydrogen-bond donors (Lipinski definition) is 2. The van der Waals surface area contributed by atoms with Crippen LogP contribution in [0.15, 0.2) is 41.0 Å². The Morgan fingerprint density at radius 1 is 1.35 bits per heavy atom. The average Bonchev–Trinajstić information content (AvgIpc) is 2.42. The molecule has 1 aromatic carbocycles. The molecule has 20 heavy (non-hydrogen) atoms. The second-order valence-electron chi connectivity index (χ2n) is 4.21. The molecule has 0 bridgehead atoms. The van der Waals surface area contributed by atoms with Gasteiger partial charge in [-0.2, -0.15) is 0 Å². The van der Waals surface area contributed by atoms with E-state index in [9.17, 15) is 4.79 Å². The predicted octanol–water partition coefficient (Wildman–Crippen LogP) is 3.04. The molecule has 4 nitrogen and oxygen atoms in total. The normalized spacial score (nSPS) is 10.1. The van der Waals surface area contributed by atoms with Gasteiger partial charge in [0.1, 0.15) is 10.7 Å². The summed E-state index contributed by atoms with van der Waals surface area (Å²) >= 11 is 8.22. The van der Waals surface area contributed by atoms with Crippen LogP contribution in [0.2, 0.25) is 0 Å². The summed E-state index contributed by atoms with van der Waals surface area (Å²) in [6, 6.07) is 8.91. The lowest BCUT2D eigenvalue weighted by molar-refractivity contribution is 0.102. The summed E-state index contributed by atoms with van der Waals surface area (Å²) in [4.78, 5) is 16.4. The number of nitrogens with two attached hydrogens (primary N) is 1. The van der Waals surface area contributed by atoms with Crippen molar-refractivity contribution in [1.82, 2.24) is 4.98 Å². The van der Waals surface area contributed by atoms with Crippen molar-refractivity contribution < 1.29 is 4.79 Å². The van der Waals surface area contributed by atoms with E-state index in [1.54, 1.807) is 12.1 Å². The number of pyridine rings is 1. The van der Waals surface area contributed by atoms with Crippen LogP contribution in [0.3, 0.4) is 0 Å². The molecule has 0 fully saturated rings. The minimum Gasteiger partial charge on any atom is -0.389 e. The zero-order valence-corrected chi connectivity index (χ0v) is 13.1. The maximum absolute atomic E-state index is 12.1. The van der Waals surface area contributed by atoms with E-state index in [1.165, 1.54) is 6.20 Å². The van der Waals surface area contributed by atoms with Crippen LogP contribution in [0.25, 0.3) is 0 Å². The zero-order valence-electron chi connectivity index (χ0n) is 10.7. The van der Waals surface area contributed by atoms with Gasteiger partial charge in [-0.1, -0.05) is 28.1 Å². The van der Waals surface area contributed by atoms with Gasteiger partial charge in [0.25, 0.3) is 5.91 Å². The predicted molar refractivity (Wildman–Crippen MR) is 87.0 cm³/mol. The topological polar surface area (TPSA) is 68.0 Å². The number of hydrogen-bond acceptors (Lipinski definition) is 3. The number of anilines is 1. The summed E-state index contributed by atoms with van der Waals surface area (Å²) in [5.41, 5.74) is 8.15. The fourth-order valence-corrected chi connectivity index (χ4v) is 2.22. The maximum atomic E-state index is 12.1. The third-order valence-electron chi connectivity index (χ3n) is 2.72. The molecule has 0 saturated carbocycles. The number of carbonyl (C=O) groups excluding carboxylic acids is 1. The Labute approximate surface area is 130 Å². The second kappa shape index (κ2) is 6.11. The monoisotopic (exact) mass is 349 g/mol. The van der Waals surface area contributed by atoms with Gasteiger partial charge in [-0.05, 0) is 42.8 Å². The minimum absolute atomic E-state index is 0.258. The number of carbonyl (C=O) groups is 1. The number of amides is 1. The van der Waals surface area contributed by atoms with Crippen molar-refractivity contribution in [1.29, 1.82) is 0 Å². The summed E-state index contributed by atoms with van der Waals surface area (Å²) in [6.07, 6.45) is 1.49. The summed E-state index contributed by atoms with van der Waals surface area (Å²) in [6.45, 7) is 1.92. The van der Waals surface area contributed by atoms with Gasteiger partial charge in [-0.3, -0.25) is 9.78 Å². The van der Waals surface area contributed by atoms with Crippen molar-refractivity contribution in [3.05, 3.63) is 57.8 Å². The molecular weight excluding hydrogens is 338 g/mol. The Morgan fingerprint density at radius 3 is 2.65 bits per heavy atom. The van der Waals surface area contributed by atoms with Gasteiger partial charge in [-0.25, -0.2) is 0 Å². The number of thiocarbonyl (C=S) groups is 1. The number of benzene rings is 1. The maximum Gasteiger partial charge on any atom is 0.274 e. The smallest absolute Gasteiger partial charge is 0.274 e. The lowest BCUT2D eigenvalue weighted by Crippen LogP contribution is -2.16. The highest BCUT2D eigenvalue weighted by atomic mass is 79.9. The van der Waals surface area contributed by atoms with Crippen LogP contribution in [0, 0.1) is 6.92 Å². The van der Waals surface area contributed by atoms with Gasteiger partial charge < -0.3 is 11.1 Å². The van der Waals surface area contributed by atoms with E-state index in [0.717, 1.165) is 15.7 Å². The first-order valence-electron chi connectivity index (χ1n) is 5.81. The van der Waals surface area contributed by atoms with Gasteiger partial charge in [0.2, 0.25) is 0 Å². The van der Waals surface area contributed by atoms with Crippen molar-refractivity contribution in [2.24, 2.45) is 5.73 Å². The highest BCUT2D eigenvalue weighted by Gasteiger charge is 2.09. The molecule has 1 amide bonds. The van der Waals surface area contributed by atoms with E-state index < -0.39 is 0 Å². The first kappa shape index (κ1) is 14.6. The van der Waals surface area contributed by atoms with Gasteiger partial charge in [-0.15, -0.1) is 0 Å². The molecule has 102 valence electrons. The first-order valence-corrected chi connectivity index (χ1v) is 7.01. The minimum atomic E-state index is -0.273. The molecule has 6 heteroatoms. The molecule has 1 heterocycles. The van der Waals surface area contributed by atoms with E-state index in [0.29, 0.717) is 11.3 Å². The quantitative estimate of drug-likeness (QED) is 0.835. The molecule has 3 N–H and O–H groups in total. The molecule has 0 aliphatic rings. The molecule has 0 aliphatic heterocycles. The Bertz CT molecular complexity index is 671. The van der Waals surface area contributed by atoms with Crippen LogP contribution in [0.1, 0.15) is 21.6 Å². The number of rotatable bonds is 3. The van der Waals surface area contributed by atoms with E-state index in [1.807, 2.05) is 25.1 Å². The fraction of sp³-hybridized carbons (Fsp3) is 0.0714. The Morgan fingerprint density at radius 2 is 2.10 bits per heavy atom. The van der Waals surface area contributed by atoms with Crippen LogP contribution < -0.4 is 11.1 Å². The number of aromatic nitrogens is 1. The van der Waals surface area contributed by atoms with E-state index in [-0.39, 0.29) is 10.9 Å². The Balaban J connectivity index is 2.17. The zero-order chi connectivity index (χ0) is 14.7. The third-order valence-corrected chi connectivity index (χ3v) is 3.45. The molecule has 0 unspecified atom stereocenters. The second-order valence-corrected chi connectivity index (χ2v) is 5.57. The van der Waals surface area contributed by atoms with Crippen molar-refractivity contribution in [2.45, 2.75) is 6.92 Å². The molecule has 0 saturated heterocycles. The van der Waals surface area contributed by atoms with Crippen LogP contribution in [0.5, 0.6) is 0 Å². The largest absolute Gasteiger partial charge is 0.389 e. The van der Waals surface area contributed by atoms with Gasteiger partial charge in [0.15, 0.2) is 0 Å².